The molecular weight excluding hydrogens is 236 g/mol. The van der Waals surface area contributed by atoms with Crippen molar-refractivity contribution in [2.75, 3.05) is 6.54 Å². The van der Waals surface area contributed by atoms with Crippen molar-refractivity contribution in [1.82, 2.24) is 10.6 Å². The summed E-state index contributed by atoms with van der Waals surface area (Å²) >= 11 is 0. The summed E-state index contributed by atoms with van der Waals surface area (Å²) in [6.45, 7) is 7.29. The quantitative estimate of drug-likeness (QED) is 0.877. The van der Waals surface area contributed by atoms with Crippen LogP contribution in [0.3, 0.4) is 0 Å². The first-order valence-corrected chi connectivity index (χ1v) is 7.17. The highest BCUT2D eigenvalue weighted by atomic mass is 16.2. The maximum absolute atomic E-state index is 12.3. The molecule has 104 valence electrons. The Morgan fingerprint density at radius 2 is 2.16 bits per heavy atom. The van der Waals surface area contributed by atoms with E-state index >= 15 is 0 Å². The predicted octanol–water partition coefficient (Wildman–Crippen LogP) is 2.56. The average molecular weight is 260 g/mol. The van der Waals surface area contributed by atoms with Gasteiger partial charge in [0.05, 0.1) is 12.1 Å². The molecule has 0 radical (unpaired) electrons. The van der Waals surface area contributed by atoms with Gasteiger partial charge in [-0.05, 0) is 50.3 Å². The van der Waals surface area contributed by atoms with Crippen LogP contribution in [0.25, 0.3) is 0 Å². The van der Waals surface area contributed by atoms with Crippen LogP contribution in [0, 0.1) is 12.8 Å². The van der Waals surface area contributed by atoms with Crippen LogP contribution < -0.4 is 10.6 Å². The number of hydrogen-bond donors (Lipinski definition) is 2. The fourth-order valence-corrected chi connectivity index (χ4v) is 2.77. The molecule has 2 rings (SSSR count). The van der Waals surface area contributed by atoms with Crippen molar-refractivity contribution in [2.45, 2.75) is 45.7 Å². The molecule has 3 nitrogen and oxygen atoms in total. The van der Waals surface area contributed by atoms with Crippen LogP contribution in [0.5, 0.6) is 0 Å². The summed E-state index contributed by atoms with van der Waals surface area (Å²) in [6.07, 6.45) is 2.10. The van der Waals surface area contributed by atoms with Gasteiger partial charge in [0.2, 0.25) is 5.91 Å². The van der Waals surface area contributed by atoms with Crippen molar-refractivity contribution in [3.05, 3.63) is 35.4 Å². The SMILES string of the molecule is Cc1ccccc1[C@@H](C)NC(=O)C1CC(C)CCN1. The monoisotopic (exact) mass is 260 g/mol. The summed E-state index contributed by atoms with van der Waals surface area (Å²) < 4.78 is 0. The lowest BCUT2D eigenvalue weighted by molar-refractivity contribution is -0.124. The lowest BCUT2D eigenvalue weighted by Gasteiger charge is -2.28. The number of amides is 1. The predicted molar refractivity (Wildman–Crippen MR) is 77.9 cm³/mol. The van der Waals surface area contributed by atoms with E-state index < -0.39 is 0 Å². The second-order valence-corrected chi connectivity index (χ2v) is 5.72. The van der Waals surface area contributed by atoms with Crippen LogP contribution in [0.15, 0.2) is 24.3 Å². The molecule has 3 heteroatoms. The van der Waals surface area contributed by atoms with Crippen molar-refractivity contribution >= 4 is 5.91 Å². The van der Waals surface area contributed by atoms with Crippen molar-refractivity contribution in [3.8, 4) is 0 Å². The van der Waals surface area contributed by atoms with E-state index in [0.717, 1.165) is 19.4 Å². The van der Waals surface area contributed by atoms with Gasteiger partial charge in [-0.2, -0.15) is 0 Å². The Hall–Kier alpha value is -1.35. The summed E-state index contributed by atoms with van der Waals surface area (Å²) in [7, 11) is 0. The lowest BCUT2D eigenvalue weighted by Crippen LogP contribution is -2.48. The smallest absolute Gasteiger partial charge is 0.237 e. The number of carbonyl (C=O) groups is 1. The number of rotatable bonds is 3. The first kappa shape index (κ1) is 14.1. The van der Waals surface area contributed by atoms with Crippen molar-refractivity contribution in [1.29, 1.82) is 0 Å². The molecule has 2 N–H and O–H groups in total. The number of benzene rings is 1. The highest BCUT2D eigenvalue weighted by Crippen LogP contribution is 2.19. The van der Waals surface area contributed by atoms with Crippen molar-refractivity contribution in [3.63, 3.8) is 0 Å². The minimum absolute atomic E-state index is 0.0322. The third-order valence-corrected chi connectivity index (χ3v) is 4.00. The molecule has 1 fully saturated rings. The fraction of sp³-hybridized carbons (Fsp3) is 0.562. The maximum Gasteiger partial charge on any atom is 0.237 e. The first-order valence-electron chi connectivity index (χ1n) is 7.17. The Balaban J connectivity index is 1.97. The molecule has 1 saturated heterocycles. The van der Waals surface area contributed by atoms with Crippen LogP contribution in [0.4, 0.5) is 0 Å². The zero-order valence-corrected chi connectivity index (χ0v) is 12.1. The molecule has 0 spiro atoms. The molecule has 0 aliphatic carbocycles. The normalized spacial score (nSPS) is 24.8. The minimum atomic E-state index is -0.0322. The number of nitrogens with one attached hydrogen (secondary N) is 2. The summed E-state index contributed by atoms with van der Waals surface area (Å²) in [5, 5.41) is 6.43. The second-order valence-electron chi connectivity index (χ2n) is 5.72. The van der Waals surface area contributed by atoms with Gasteiger partial charge < -0.3 is 10.6 Å². The van der Waals surface area contributed by atoms with Gasteiger partial charge in [-0.3, -0.25) is 4.79 Å². The molecule has 0 aromatic heterocycles. The maximum atomic E-state index is 12.3. The van der Waals surface area contributed by atoms with Crippen LogP contribution in [0.1, 0.15) is 43.9 Å². The zero-order valence-electron chi connectivity index (χ0n) is 12.1. The molecule has 0 saturated carbocycles. The van der Waals surface area contributed by atoms with Crippen LogP contribution in [-0.4, -0.2) is 18.5 Å². The number of carbonyl (C=O) groups excluding carboxylic acids is 1. The lowest BCUT2D eigenvalue weighted by atomic mass is 9.93. The van der Waals surface area contributed by atoms with Crippen LogP contribution >= 0.6 is 0 Å². The van der Waals surface area contributed by atoms with E-state index in [1.54, 1.807) is 0 Å². The van der Waals surface area contributed by atoms with Crippen LogP contribution in [0.2, 0.25) is 0 Å². The summed E-state index contributed by atoms with van der Waals surface area (Å²) in [4.78, 5) is 12.3. The molecule has 1 aromatic carbocycles. The standard InChI is InChI=1S/C16H24N2O/c1-11-8-9-17-15(10-11)16(19)18-13(3)14-7-5-4-6-12(14)2/h4-7,11,13,15,17H,8-10H2,1-3H3,(H,18,19)/t11?,13-,15?/m1/s1. The second kappa shape index (κ2) is 6.20. The number of hydrogen-bond acceptors (Lipinski definition) is 2. The largest absolute Gasteiger partial charge is 0.348 e. The van der Waals surface area contributed by atoms with Crippen LogP contribution in [-0.2, 0) is 4.79 Å². The summed E-state index contributed by atoms with van der Waals surface area (Å²) in [6, 6.07) is 8.24. The first-order chi connectivity index (χ1) is 9.08. The Kier molecular flexibility index (Phi) is 4.59. The third kappa shape index (κ3) is 3.57. The van der Waals surface area contributed by atoms with Gasteiger partial charge in [-0.25, -0.2) is 0 Å². The Bertz CT molecular complexity index is 444. The van der Waals surface area contributed by atoms with E-state index in [4.69, 9.17) is 0 Å². The molecular formula is C16H24N2O. The third-order valence-electron chi connectivity index (χ3n) is 4.00. The molecule has 19 heavy (non-hydrogen) atoms. The van der Waals surface area contributed by atoms with E-state index in [9.17, 15) is 4.79 Å². The van der Waals surface area contributed by atoms with E-state index in [1.807, 2.05) is 19.1 Å². The highest BCUT2D eigenvalue weighted by Gasteiger charge is 2.25. The van der Waals surface area contributed by atoms with Gasteiger partial charge in [0.25, 0.3) is 0 Å². The van der Waals surface area contributed by atoms with E-state index in [-0.39, 0.29) is 18.0 Å². The molecule has 1 amide bonds. The summed E-state index contributed by atoms with van der Waals surface area (Å²) in [5.74, 6) is 0.757. The molecule has 1 aliphatic rings. The van der Waals surface area contributed by atoms with Gasteiger partial charge >= 0.3 is 0 Å². The Labute approximate surface area is 115 Å². The number of piperidine rings is 1. The number of aryl methyl sites for hydroxylation is 1. The molecule has 0 bridgehead atoms. The highest BCUT2D eigenvalue weighted by molar-refractivity contribution is 5.82. The van der Waals surface area contributed by atoms with E-state index in [2.05, 4.69) is 36.6 Å². The van der Waals surface area contributed by atoms with Gasteiger partial charge in [-0.15, -0.1) is 0 Å². The fourth-order valence-electron chi connectivity index (χ4n) is 2.77. The van der Waals surface area contributed by atoms with E-state index in [0.29, 0.717) is 5.92 Å². The van der Waals surface area contributed by atoms with Gasteiger partial charge in [0.1, 0.15) is 0 Å². The minimum Gasteiger partial charge on any atom is -0.348 e. The summed E-state index contributed by atoms with van der Waals surface area (Å²) in [5.41, 5.74) is 2.42. The zero-order chi connectivity index (χ0) is 13.8. The molecule has 1 heterocycles. The van der Waals surface area contributed by atoms with Gasteiger partial charge in [-0.1, -0.05) is 31.2 Å². The Morgan fingerprint density at radius 1 is 1.42 bits per heavy atom. The molecule has 1 aromatic rings. The Morgan fingerprint density at radius 3 is 2.84 bits per heavy atom. The molecule has 3 atom stereocenters. The van der Waals surface area contributed by atoms with Crippen molar-refractivity contribution < 1.29 is 4.79 Å². The average Bonchev–Trinajstić information content (AvgIpc) is 2.39. The van der Waals surface area contributed by atoms with Gasteiger partial charge in [0.15, 0.2) is 0 Å². The van der Waals surface area contributed by atoms with Gasteiger partial charge in [0, 0.05) is 0 Å². The molecule has 2 unspecified atom stereocenters. The topological polar surface area (TPSA) is 41.1 Å². The molecule has 1 aliphatic heterocycles. The van der Waals surface area contributed by atoms with Crippen molar-refractivity contribution in [2.24, 2.45) is 5.92 Å². The van der Waals surface area contributed by atoms with E-state index in [1.165, 1.54) is 11.1 Å².